The molecule has 0 spiro atoms. The van der Waals surface area contributed by atoms with Crippen LogP contribution in [-0.2, 0) is 11.8 Å². The molecule has 0 saturated heterocycles. The van der Waals surface area contributed by atoms with Gasteiger partial charge in [0.05, 0.1) is 6.26 Å². The lowest BCUT2D eigenvalue weighted by Gasteiger charge is -2.29. The molecule has 1 aliphatic rings. The van der Waals surface area contributed by atoms with Crippen molar-refractivity contribution in [2.24, 2.45) is 0 Å². The number of benzene rings is 3. The van der Waals surface area contributed by atoms with Gasteiger partial charge >= 0.3 is 0 Å². The average Bonchev–Trinajstić information content (AvgIpc) is 3.05. The minimum Gasteiger partial charge on any atom is -0.464 e. The Morgan fingerprint density at radius 3 is 2.38 bits per heavy atom. The number of para-hydroxylation sites is 1. The Labute approximate surface area is 267 Å². The van der Waals surface area contributed by atoms with E-state index < -0.39 is 0 Å². The molecule has 45 heavy (non-hydrogen) atoms. The van der Waals surface area contributed by atoms with E-state index >= 15 is 0 Å². The lowest BCUT2D eigenvalue weighted by atomic mass is 9.76. The first-order chi connectivity index (χ1) is 21.8. The van der Waals surface area contributed by atoms with Crippen molar-refractivity contribution in [3.63, 3.8) is 0 Å². The van der Waals surface area contributed by atoms with Crippen molar-refractivity contribution in [2.45, 2.75) is 39.5 Å². The van der Waals surface area contributed by atoms with Crippen molar-refractivity contribution in [3.8, 4) is 28.5 Å². The van der Waals surface area contributed by atoms with Crippen molar-refractivity contribution in [3.05, 3.63) is 174 Å². The van der Waals surface area contributed by atoms with Crippen LogP contribution in [0.15, 0.2) is 152 Å². The Kier molecular flexibility index (Phi) is 9.64. The Hall–Kier alpha value is -5.35. The number of allylic oxidation sites excluding steroid dienone is 11. The summed E-state index contributed by atoms with van der Waals surface area (Å²) in [5, 5.41) is 0. The van der Waals surface area contributed by atoms with E-state index in [-0.39, 0.29) is 5.41 Å². The standard InChI is InChI=1S/C41H39N3O/c1-7-16-32-23-15-25-36-37(32)45-28-31(20-14-19-30(4)41(36,5)6)26-27-33(17-8-2)38-42-39(34-21-10-9-11-22-34)44-40(43-38)35-24-13-12-18-29(35)3/h7-15,17-28H,1-2,16H2,3-6H3/b20-14-,27-26+,30-19+,31-28?,33-17+. The van der Waals surface area contributed by atoms with Gasteiger partial charge in [-0.05, 0) is 31.4 Å². The zero-order valence-corrected chi connectivity index (χ0v) is 26.5. The van der Waals surface area contributed by atoms with Gasteiger partial charge in [-0.1, -0.05) is 147 Å². The molecule has 0 aliphatic carbocycles. The lowest BCUT2D eigenvalue weighted by molar-refractivity contribution is 0.451. The maximum atomic E-state index is 6.49. The Bertz CT molecular complexity index is 1870. The lowest BCUT2D eigenvalue weighted by Crippen LogP contribution is -2.20. The first kappa shape index (κ1) is 31.1. The number of aromatic nitrogens is 3. The second kappa shape index (κ2) is 14.0. The van der Waals surface area contributed by atoms with Gasteiger partial charge in [0.2, 0.25) is 0 Å². The van der Waals surface area contributed by atoms with E-state index in [4.69, 9.17) is 19.7 Å². The van der Waals surface area contributed by atoms with E-state index in [0.717, 1.165) is 51.1 Å². The third-order valence-corrected chi connectivity index (χ3v) is 8.13. The quantitative estimate of drug-likeness (QED) is 0.152. The Balaban J connectivity index is 1.59. The van der Waals surface area contributed by atoms with Crippen LogP contribution in [0.3, 0.4) is 0 Å². The van der Waals surface area contributed by atoms with Crippen molar-refractivity contribution in [1.82, 2.24) is 15.0 Å². The molecule has 224 valence electrons. The van der Waals surface area contributed by atoms with Crippen LogP contribution in [0.4, 0.5) is 0 Å². The van der Waals surface area contributed by atoms with Crippen LogP contribution in [0.1, 0.15) is 43.3 Å². The van der Waals surface area contributed by atoms with Crippen LogP contribution < -0.4 is 4.74 Å². The van der Waals surface area contributed by atoms with Crippen LogP contribution in [0.25, 0.3) is 28.3 Å². The molecule has 1 aromatic heterocycles. The molecule has 3 aromatic carbocycles. The third-order valence-electron chi connectivity index (χ3n) is 8.13. The molecule has 0 fully saturated rings. The van der Waals surface area contributed by atoms with Crippen molar-refractivity contribution < 1.29 is 4.74 Å². The van der Waals surface area contributed by atoms with E-state index in [0.29, 0.717) is 17.5 Å². The molecule has 4 heteroatoms. The first-order valence-electron chi connectivity index (χ1n) is 15.2. The van der Waals surface area contributed by atoms with Crippen molar-refractivity contribution >= 4 is 5.57 Å². The second-order valence-electron chi connectivity index (χ2n) is 11.5. The second-order valence-corrected chi connectivity index (χ2v) is 11.5. The molecule has 0 saturated carbocycles. The number of rotatable bonds is 8. The zero-order valence-electron chi connectivity index (χ0n) is 26.5. The summed E-state index contributed by atoms with van der Waals surface area (Å²) >= 11 is 0. The summed E-state index contributed by atoms with van der Waals surface area (Å²) in [6, 6.07) is 24.4. The fraction of sp³-hybridized carbons (Fsp3) is 0.146. The van der Waals surface area contributed by atoms with Gasteiger partial charge in [0, 0.05) is 33.3 Å². The normalized spacial score (nSPS) is 16.5. The van der Waals surface area contributed by atoms with Crippen LogP contribution >= 0.6 is 0 Å². The largest absolute Gasteiger partial charge is 0.464 e. The summed E-state index contributed by atoms with van der Waals surface area (Å²) in [5.41, 5.74) is 7.92. The molecule has 0 amide bonds. The smallest absolute Gasteiger partial charge is 0.164 e. The topological polar surface area (TPSA) is 47.9 Å². The van der Waals surface area contributed by atoms with Crippen LogP contribution in [0.5, 0.6) is 5.75 Å². The summed E-state index contributed by atoms with van der Waals surface area (Å²) < 4.78 is 6.49. The molecule has 0 bridgehead atoms. The molecular formula is C41H39N3O. The maximum absolute atomic E-state index is 6.49. The maximum Gasteiger partial charge on any atom is 0.164 e. The molecule has 4 aromatic rings. The molecule has 0 N–H and O–H groups in total. The highest BCUT2D eigenvalue weighted by Gasteiger charge is 2.27. The summed E-state index contributed by atoms with van der Waals surface area (Å²) in [4.78, 5) is 14.7. The van der Waals surface area contributed by atoms with Crippen molar-refractivity contribution in [2.75, 3.05) is 0 Å². The Morgan fingerprint density at radius 1 is 0.867 bits per heavy atom. The molecule has 4 nitrogen and oxygen atoms in total. The fourth-order valence-corrected chi connectivity index (χ4v) is 5.20. The summed E-state index contributed by atoms with van der Waals surface area (Å²) in [5.74, 6) is 2.65. The number of ether oxygens (including phenoxy) is 1. The van der Waals surface area contributed by atoms with Gasteiger partial charge in [-0.15, -0.1) is 6.58 Å². The minimum absolute atomic E-state index is 0.206. The summed E-state index contributed by atoms with van der Waals surface area (Å²) in [6.45, 7) is 16.6. The molecule has 0 atom stereocenters. The van der Waals surface area contributed by atoms with E-state index in [1.54, 1.807) is 12.3 Å². The highest BCUT2D eigenvalue weighted by Crippen LogP contribution is 2.40. The molecule has 0 radical (unpaired) electrons. The van der Waals surface area contributed by atoms with E-state index in [1.165, 1.54) is 5.57 Å². The van der Waals surface area contributed by atoms with E-state index in [1.807, 2.05) is 78.9 Å². The number of fused-ring (bicyclic) bond motifs is 1. The summed E-state index contributed by atoms with van der Waals surface area (Å²) in [6.07, 6.45) is 18.4. The Morgan fingerprint density at radius 2 is 1.62 bits per heavy atom. The number of nitrogens with zero attached hydrogens (tertiary/aromatic N) is 3. The molecule has 1 aliphatic heterocycles. The molecule has 0 unspecified atom stereocenters. The summed E-state index contributed by atoms with van der Waals surface area (Å²) in [7, 11) is 0. The van der Waals surface area contributed by atoms with Gasteiger partial charge < -0.3 is 4.74 Å². The molecule has 2 heterocycles. The average molecular weight is 590 g/mol. The van der Waals surface area contributed by atoms with E-state index in [2.05, 4.69) is 77.3 Å². The van der Waals surface area contributed by atoms with Crippen molar-refractivity contribution in [1.29, 1.82) is 0 Å². The van der Waals surface area contributed by atoms with Crippen LogP contribution in [0.2, 0.25) is 0 Å². The highest BCUT2D eigenvalue weighted by molar-refractivity contribution is 5.75. The van der Waals surface area contributed by atoms with Gasteiger partial charge in [-0.3, -0.25) is 0 Å². The van der Waals surface area contributed by atoms with Crippen LogP contribution in [-0.4, -0.2) is 15.0 Å². The predicted molar refractivity (Wildman–Crippen MR) is 188 cm³/mol. The molecular weight excluding hydrogens is 550 g/mol. The van der Waals surface area contributed by atoms with Gasteiger partial charge in [-0.2, -0.15) is 0 Å². The fourth-order valence-electron chi connectivity index (χ4n) is 5.20. The van der Waals surface area contributed by atoms with E-state index in [9.17, 15) is 0 Å². The van der Waals surface area contributed by atoms with Gasteiger partial charge in [-0.25, -0.2) is 15.0 Å². The van der Waals surface area contributed by atoms with Gasteiger partial charge in [0.25, 0.3) is 0 Å². The molecule has 5 rings (SSSR count). The first-order valence-corrected chi connectivity index (χ1v) is 15.2. The minimum atomic E-state index is -0.206. The third kappa shape index (κ3) is 7.08. The number of hydrogen-bond acceptors (Lipinski definition) is 4. The van der Waals surface area contributed by atoms with Gasteiger partial charge in [0.15, 0.2) is 17.5 Å². The van der Waals surface area contributed by atoms with Gasteiger partial charge in [0.1, 0.15) is 5.75 Å². The zero-order chi connectivity index (χ0) is 31.8. The monoisotopic (exact) mass is 589 g/mol. The number of aryl methyl sites for hydroxylation is 1. The predicted octanol–water partition coefficient (Wildman–Crippen LogP) is 10.1. The van der Waals surface area contributed by atoms with Crippen LogP contribution in [0, 0.1) is 6.92 Å². The number of hydrogen-bond donors (Lipinski definition) is 0. The highest BCUT2D eigenvalue weighted by atomic mass is 16.5. The SMILES string of the molecule is C=C/C=C(\C=C\C1=COc2c(CC=C)cccc2C(C)(C)/C(C)=C/C=C\1)c1nc(-c2ccccc2)nc(-c2ccccc2C)n1.